The highest BCUT2D eigenvalue weighted by molar-refractivity contribution is 5.93. The van der Waals surface area contributed by atoms with E-state index >= 15 is 0 Å². The molecular formula is C15H20N2O2. The van der Waals surface area contributed by atoms with Gasteiger partial charge in [0, 0.05) is 12.2 Å². The number of amides is 1. The Labute approximate surface area is 113 Å². The van der Waals surface area contributed by atoms with Gasteiger partial charge in [-0.1, -0.05) is 12.1 Å². The summed E-state index contributed by atoms with van der Waals surface area (Å²) in [5.74, 6) is 0.0869. The van der Waals surface area contributed by atoms with Crippen molar-refractivity contribution in [2.24, 2.45) is 5.92 Å². The molecule has 4 heteroatoms. The molecule has 0 aliphatic carbocycles. The first-order valence-electron chi connectivity index (χ1n) is 6.98. The molecule has 0 saturated carbocycles. The van der Waals surface area contributed by atoms with Crippen molar-refractivity contribution in [2.45, 2.75) is 32.4 Å². The molecule has 1 aromatic rings. The highest BCUT2D eigenvalue weighted by atomic mass is 16.5. The van der Waals surface area contributed by atoms with Crippen LogP contribution in [0.25, 0.3) is 0 Å². The molecule has 0 bridgehead atoms. The Kier molecular flexibility index (Phi) is 3.53. The third kappa shape index (κ3) is 2.65. The third-order valence-electron chi connectivity index (χ3n) is 3.97. The van der Waals surface area contributed by atoms with E-state index in [1.165, 1.54) is 11.1 Å². The van der Waals surface area contributed by atoms with Gasteiger partial charge in [-0.15, -0.1) is 0 Å². The van der Waals surface area contributed by atoms with E-state index in [4.69, 9.17) is 4.74 Å². The number of hydrogen-bond donors (Lipinski definition) is 2. The zero-order valence-electron chi connectivity index (χ0n) is 11.2. The van der Waals surface area contributed by atoms with E-state index in [1.807, 2.05) is 19.1 Å². The molecule has 0 radical (unpaired) electrons. The number of nitrogens with one attached hydrogen (secondary N) is 2. The monoisotopic (exact) mass is 260 g/mol. The zero-order chi connectivity index (χ0) is 13.2. The van der Waals surface area contributed by atoms with Crippen LogP contribution in [-0.2, 0) is 22.5 Å². The molecule has 102 valence electrons. The molecule has 2 aliphatic heterocycles. The van der Waals surface area contributed by atoms with E-state index in [-0.39, 0.29) is 17.9 Å². The maximum absolute atomic E-state index is 12.2. The van der Waals surface area contributed by atoms with Crippen molar-refractivity contribution in [1.82, 2.24) is 5.32 Å². The first kappa shape index (κ1) is 12.6. The fourth-order valence-electron chi connectivity index (χ4n) is 2.88. The van der Waals surface area contributed by atoms with Crippen LogP contribution in [0.15, 0.2) is 18.2 Å². The van der Waals surface area contributed by atoms with Gasteiger partial charge in [0.15, 0.2) is 0 Å². The topological polar surface area (TPSA) is 50.4 Å². The van der Waals surface area contributed by atoms with Gasteiger partial charge in [0.05, 0.1) is 18.6 Å². The Balaban J connectivity index is 1.74. The van der Waals surface area contributed by atoms with E-state index < -0.39 is 0 Å². The Morgan fingerprint density at radius 3 is 3.16 bits per heavy atom. The van der Waals surface area contributed by atoms with Crippen molar-refractivity contribution in [3.8, 4) is 0 Å². The van der Waals surface area contributed by atoms with Crippen LogP contribution in [0.5, 0.6) is 0 Å². The van der Waals surface area contributed by atoms with Gasteiger partial charge in [-0.25, -0.2) is 0 Å². The molecule has 19 heavy (non-hydrogen) atoms. The number of benzene rings is 1. The Bertz CT molecular complexity index is 487. The number of fused-ring (bicyclic) bond motifs is 1. The molecule has 2 aliphatic rings. The summed E-state index contributed by atoms with van der Waals surface area (Å²) in [6, 6.07) is 6.13. The molecular weight excluding hydrogens is 240 g/mol. The zero-order valence-corrected chi connectivity index (χ0v) is 11.2. The maximum atomic E-state index is 12.2. The second-order valence-electron chi connectivity index (χ2n) is 5.44. The van der Waals surface area contributed by atoms with Crippen LogP contribution in [0, 0.1) is 5.92 Å². The first-order chi connectivity index (χ1) is 9.24. The van der Waals surface area contributed by atoms with Gasteiger partial charge in [0.1, 0.15) is 0 Å². The molecule has 1 aromatic carbocycles. The number of ether oxygens (including phenoxy) is 1. The van der Waals surface area contributed by atoms with E-state index in [0.29, 0.717) is 6.61 Å². The third-order valence-corrected chi connectivity index (χ3v) is 3.97. The average Bonchev–Trinajstić information content (AvgIpc) is 2.86. The summed E-state index contributed by atoms with van der Waals surface area (Å²) < 4.78 is 5.47. The molecule has 1 saturated heterocycles. The molecule has 4 nitrogen and oxygen atoms in total. The van der Waals surface area contributed by atoms with Crippen LogP contribution < -0.4 is 10.6 Å². The summed E-state index contributed by atoms with van der Waals surface area (Å²) in [6.07, 6.45) is 2.00. The summed E-state index contributed by atoms with van der Waals surface area (Å²) in [7, 11) is 0. The number of carbonyl (C=O) groups is 1. The Morgan fingerprint density at radius 2 is 2.37 bits per heavy atom. The molecule has 2 heterocycles. The van der Waals surface area contributed by atoms with Gasteiger partial charge in [-0.2, -0.15) is 0 Å². The SMILES string of the molecule is CC1CC(C(=O)Nc2cccc3c2CCNC3)CO1. The smallest absolute Gasteiger partial charge is 0.229 e. The van der Waals surface area contributed by atoms with Crippen molar-refractivity contribution in [3.05, 3.63) is 29.3 Å². The number of rotatable bonds is 2. The molecule has 1 fully saturated rings. The van der Waals surface area contributed by atoms with Crippen LogP contribution in [0.3, 0.4) is 0 Å². The van der Waals surface area contributed by atoms with Gasteiger partial charge in [0.25, 0.3) is 0 Å². The minimum atomic E-state index is -0.00688. The minimum absolute atomic E-state index is 0.00688. The predicted octanol–water partition coefficient (Wildman–Crippen LogP) is 1.70. The largest absolute Gasteiger partial charge is 0.378 e. The van der Waals surface area contributed by atoms with Crippen LogP contribution in [0.1, 0.15) is 24.5 Å². The molecule has 2 unspecified atom stereocenters. The normalized spacial score (nSPS) is 25.9. The van der Waals surface area contributed by atoms with Crippen molar-refractivity contribution >= 4 is 11.6 Å². The van der Waals surface area contributed by atoms with Crippen LogP contribution in [-0.4, -0.2) is 25.2 Å². The highest BCUT2D eigenvalue weighted by Crippen LogP contribution is 2.25. The number of carbonyl (C=O) groups excluding carboxylic acids is 1. The Hall–Kier alpha value is -1.39. The maximum Gasteiger partial charge on any atom is 0.229 e. The van der Waals surface area contributed by atoms with E-state index in [2.05, 4.69) is 16.7 Å². The fourth-order valence-corrected chi connectivity index (χ4v) is 2.88. The van der Waals surface area contributed by atoms with Gasteiger partial charge in [-0.3, -0.25) is 4.79 Å². The molecule has 1 amide bonds. The lowest BCUT2D eigenvalue weighted by Crippen LogP contribution is -2.27. The number of hydrogen-bond acceptors (Lipinski definition) is 3. The van der Waals surface area contributed by atoms with Crippen LogP contribution in [0.2, 0.25) is 0 Å². The van der Waals surface area contributed by atoms with Crippen molar-refractivity contribution in [2.75, 3.05) is 18.5 Å². The quantitative estimate of drug-likeness (QED) is 0.851. The van der Waals surface area contributed by atoms with Gasteiger partial charge >= 0.3 is 0 Å². The van der Waals surface area contributed by atoms with Crippen molar-refractivity contribution in [3.63, 3.8) is 0 Å². The summed E-state index contributed by atoms with van der Waals surface area (Å²) in [5, 5.41) is 6.44. The lowest BCUT2D eigenvalue weighted by molar-refractivity contribution is -0.119. The standard InChI is InChI=1S/C15H20N2O2/c1-10-7-12(9-19-10)15(18)17-14-4-2-3-11-8-16-6-5-13(11)14/h2-4,10,12,16H,5-9H2,1H3,(H,17,18). The van der Waals surface area contributed by atoms with Crippen LogP contribution >= 0.6 is 0 Å². The van der Waals surface area contributed by atoms with Crippen LogP contribution in [0.4, 0.5) is 5.69 Å². The second kappa shape index (κ2) is 5.31. The van der Waals surface area contributed by atoms with Crippen molar-refractivity contribution < 1.29 is 9.53 Å². The molecule has 3 rings (SSSR count). The lowest BCUT2D eigenvalue weighted by atomic mass is 9.98. The molecule has 2 atom stereocenters. The Morgan fingerprint density at radius 1 is 1.47 bits per heavy atom. The van der Waals surface area contributed by atoms with Gasteiger partial charge < -0.3 is 15.4 Å². The van der Waals surface area contributed by atoms with Crippen molar-refractivity contribution in [1.29, 1.82) is 0 Å². The predicted molar refractivity (Wildman–Crippen MR) is 74.0 cm³/mol. The van der Waals surface area contributed by atoms with Gasteiger partial charge in [-0.05, 0) is 43.5 Å². The molecule has 2 N–H and O–H groups in total. The minimum Gasteiger partial charge on any atom is -0.378 e. The summed E-state index contributed by atoms with van der Waals surface area (Å²) >= 11 is 0. The summed E-state index contributed by atoms with van der Waals surface area (Å²) in [6.45, 7) is 4.43. The first-order valence-corrected chi connectivity index (χ1v) is 6.98. The highest BCUT2D eigenvalue weighted by Gasteiger charge is 2.28. The molecule has 0 aromatic heterocycles. The lowest BCUT2D eigenvalue weighted by Gasteiger charge is -2.21. The van der Waals surface area contributed by atoms with Gasteiger partial charge in [0.2, 0.25) is 5.91 Å². The van der Waals surface area contributed by atoms with E-state index in [1.54, 1.807) is 0 Å². The second-order valence-corrected chi connectivity index (χ2v) is 5.44. The summed E-state index contributed by atoms with van der Waals surface area (Å²) in [4.78, 5) is 12.2. The molecule has 0 spiro atoms. The average molecular weight is 260 g/mol. The summed E-state index contributed by atoms with van der Waals surface area (Å²) in [5.41, 5.74) is 3.55. The van der Waals surface area contributed by atoms with E-state index in [9.17, 15) is 4.79 Å². The fraction of sp³-hybridized carbons (Fsp3) is 0.533. The number of anilines is 1. The van der Waals surface area contributed by atoms with E-state index in [0.717, 1.165) is 31.6 Å².